The van der Waals surface area contributed by atoms with E-state index in [1.54, 1.807) is 6.20 Å². The average Bonchev–Trinajstić information content (AvgIpc) is 2.46. The second kappa shape index (κ2) is 4.97. The minimum atomic E-state index is -0.136. The molecule has 1 aliphatic carbocycles. The van der Waals surface area contributed by atoms with Crippen molar-refractivity contribution >= 4 is 0 Å². The quantitative estimate of drug-likeness (QED) is 0.842. The third-order valence-electron chi connectivity index (χ3n) is 5.56. The number of nitrogens with zero attached hydrogens (tertiary/aromatic N) is 1. The van der Waals surface area contributed by atoms with Gasteiger partial charge >= 0.3 is 0 Å². The van der Waals surface area contributed by atoms with Gasteiger partial charge in [0.1, 0.15) is 0 Å². The molecule has 1 N–H and O–H groups in total. The largest absolute Gasteiger partial charge is 0.396 e. The molecule has 2 aliphatic rings. The van der Waals surface area contributed by atoms with Crippen molar-refractivity contribution in [2.45, 2.75) is 26.9 Å². The van der Waals surface area contributed by atoms with Crippen LogP contribution in [0.5, 0.6) is 0 Å². The van der Waals surface area contributed by atoms with Gasteiger partial charge in [-0.15, -0.1) is 0 Å². The number of aliphatic hydroxyl groups is 1. The summed E-state index contributed by atoms with van der Waals surface area (Å²) < 4.78 is 6.20. The summed E-state index contributed by atoms with van der Waals surface area (Å²) in [7, 11) is 0. The van der Waals surface area contributed by atoms with Gasteiger partial charge in [0, 0.05) is 23.7 Å². The van der Waals surface area contributed by atoms with E-state index in [1.807, 2.05) is 12.3 Å². The van der Waals surface area contributed by atoms with Crippen LogP contribution in [0.1, 0.15) is 32.4 Å². The SMILES string of the molecule is CC1=C[C@@H](C)[C@@]2(CO)CO[C@H](c3cccnc3)[C@H]1[C@@H]2C. The second-order valence-electron chi connectivity index (χ2n) is 6.42. The number of fused-ring (bicyclic) bond motifs is 2. The molecule has 1 saturated heterocycles. The highest BCUT2D eigenvalue weighted by atomic mass is 16.5. The van der Waals surface area contributed by atoms with Crippen LogP contribution in [0, 0.1) is 23.2 Å². The number of hydrogen-bond acceptors (Lipinski definition) is 3. The first-order valence-corrected chi connectivity index (χ1v) is 7.41. The second-order valence-corrected chi connectivity index (χ2v) is 6.42. The van der Waals surface area contributed by atoms with Crippen LogP contribution in [0.15, 0.2) is 36.2 Å². The maximum atomic E-state index is 9.96. The number of ether oxygens (including phenoxy) is 1. The minimum Gasteiger partial charge on any atom is -0.396 e. The van der Waals surface area contributed by atoms with Crippen molar-refractivity contribution in [3.63, 3.8) is 0 Å². The Morgan fingerprint density at radius 2 is 2.25 bits per heavy atom. The van der Waals surface area contributed by atoms with Gasteiger partial charge in [-0.25, -0.2) is 0 Å². The predicted molar refractivity (Wildman–Crippen MR) is 78.0 cm³/mol. The Morgan fingerprint density at radius 1 is 1.45 bits per heavy atom. The molecule has 0 saturated carbocycles. The van der Waals surface area contributed by atoms with Gasteiger partial charge in [0.25, 0.3) is 0 Å². The summed E-state index contributed by atoms with van der Waals surface area (Å²) in [5, 5.41) is 9.96. The van der Waals surface area contributed by atoms with Crippen LogP contribution in [-0.4, -0.2) is 23.3 Å². The molecule has 0 unspecified atom stereocenters. The molecular weight excluding hydrogens is 250 g/mol. The molecule has 0 radical (unpaired) electrons. The average molecular weight is 273 g/mol. The van der Waals surface area contributed by atoms with Gasteiger partial charge in [0.2, 0.25) is 0 Å². The Labute approximate surface area is 120 Å². The molecule has 0 spiro atoms. The van der Waals surface area contributed by atoms with E-state index in [1.165, 1.54) is 5.57 Å². The molecule has 2 heterocycles. The van der Waals surface area contributed by atoms with Gasteiger partial charge in [-0.2, -0.15) is 0 Å². The Balaban J connectivity index is 2.02. The van der Waals surface area contributed by atoms with Crippen molar-refractivity contribution < 1.29 is 9.84 Å². The summed E-state index contributed by atoms with van der Waals surface area (Å²) in [4.78, 5) is 4.22. The molecule has 20 heavy (non-hydrogen) atoms. The Hall–Kier alpha value is -1.19. The summed E-state index contributed by atoms with van der Waals surface area (Å²) in [6.07, 6.45) is 6.07. The Morgan fingerprint density at radius 3 is 2.90 bits per heavy atom. The topological polar surface area (TPSA) is 42.4 Å². The molecule has 1 aromatic heterocycles. The van der Waals surface area contributed by atoms with Crippen molar-refractivity contribution in [2.75, 3.05) is 13.2 Å². The molecule has 0 aromatic carbocycles. The van der Waals surface area contributed by atoms with Crippen LogP contribution in [-0.2, 0) is 4.74 Å². The van der Waals surface area contributed by atoms with Crippen LogP contribution < -0.4 is 0 Å². The summed E-state index contributed by atoms with van der Waals surface area (Å²) in [6.45, 7) is 7.46. The van der Waals surface area contributed by atoms with Gasteiger partial charge in [0.15, 0.2) is 0 Å². The normalized spacial score (nSPS) is 40.3. The van der Waals surface area contributed by atoms with E-state index in [-0.39, 0.29) is 18.1 Å². The molecule has 1 fully saturated rings. The summed E-state index contributed by atoms with van der Waals surface area (Å²) in [6, 6.07) is 4.05. The number of rotatable bonds is 2. The zero-order chi connectivity index (χ0) is 14.3. The monoisotopic (exact) mass is 273 g/mol. The lowest BCUT2D eigenvalue weighted by Gasteiger charge is -2.55. The number of allylic oxidation sites excluding steroid dienone is 1. The van der Waals surface area contributed by atoms with E-state index < -0.39 is 0 Å². The molecule has 3 nitrogen and oxygen atoms in total. The smallest absolute Gasteiger partial charge is 0.0907 e. The predicted octanol–water partition coefficient (Wildman–Crippen LogP) is 2.98. The zero-order valence-electron chi connectivity index (χ0n) is 12.4. The maximum absolute atomic E-state index is 9.96. The third-order valence-corrected chi connectivity index (χ3v) is 5.56. The van der Waals surface area contributed by atoms with Crippen molar-refractivity contribution in [2.24, 2.45) is 23.2 Å². The first-order valence-electron chi connectivity index (χ1n) is 7.41. The highest BCUT2D eigenvalue weighted by Crippen LogP contribution is 2.55. The van der Waals surface area contributed by atoms with Gasteiger partial charge in [-0.05, 0) is 30.4 Å². The van der Waals surface area contributed by atoms with Crippen LogP contribution in [0.2, 0.25) is 0 Å². The number of aromatic nitrogens is 1. The lowest BCUT2D eigenvalue weighted by atomic mass is 9.56. The Kier molecular flexibility index (Phi) is 3.43. The molecule has 3 rings (SSSR count). The summed E-state index contributed by atoms with van der Waals surface area (Å²) >= 11 is 0. The molecule has 5 atom stereocenters. The fraction of sp³-hybridized carbons (Fsp3) is 0.588. The maximum Gasteiger partial charge on any atom is 0.0907 e. The lowest BCUT2D eigenvalue weighted by Crippen LogP contribution is -2.53. The van der Waals surface area contributed by atoms with Gasteiger partial charge in [0.05, 0.1) is 19.3 Å². The van der Waals surface area contributed by atoms with Crippen LogP contribution >= 0.6 is 0 Å². The van der Waals surface area contributed by atoms with Crippen LogP contribution in [0.25, 0.3) is 0 Å². The van der Waals surface area contributed by atoms with E-state index in [4.69, 9.17) is 4.74 Å². The molecule has 1 aliphatic heterocycles. The summed E-state index contributed by atoms with van der Waals surface area (Å²) in [5.74, 6) is 1.09. The molecule has 0 amide bonds. The van der Waals surface area contributed by atoms with E-state index in [2.05, 4.69) is 37.9 Å². The lowest BCUT2D eigenvalue weighted by molar-refractivity contribution is -0.165. The van der Waals surface area contributed by atoms with E-state index in [9.17, 15) is 5.11 Å². The molecule has 2 bridgehead atoms. The molecule has 3 heteroatoms. The van der Waals surface area contributed by atoms with Crippen LogP contribution in [0.4, 0.5) is 0 Å². The number of pyridine rings is 1. The fourth-order valence-corrected chi connectivity index (χ4v) is 4.13. The first-order chi connectivity index (χ1) is 9.60. The van der Waals surface area contributed by atoms with Crippen LogP contribution in [0.3, 0.4) is 0 Å². The van der Waals surface area contributed by atoms with Gasteiger partial charge in [-0.3, -0.25) is 4.98 Å². The fourth-order valence-electron chi connectivity index (χ4n) is 4.13. The van der Waals surface area contributed by atoms with Crippen molar-refractivity contribution in [3.8, 4) is 0 Å². The van der Waals surface area contributed by atoms with Crippen molar-refractivity contribution in [3.05, 3.63) is 41.7 Å². The number of hydrogen-bond donors (Lipinski definition) is 1. The highest BCUT2D eigenvalue weighted by Gasteiger charge is 2.53. The zero-order valence-corrected chi connectivity index (χ0v) is 12.4. The standard InChI is InChI=1S/C17H23NO2/c1-11-7-12(2)17(9-19)10-20-16(15(11)13(17)3)14-5-4-6-18-8-14/h4-8,12-13,15-16,19H,9-10H2,1-3H3/t12-,13+,15-,16-,17-/m1/s1. The van der Waals surface area contributed by atoms with Crippen molar-refractivity contribution in [1.82, 2.24) is 4.98 Å². The van der Waals surface area contributed by atoms with Crippen molar-refractivity contribution in [1.29, 1.82) is 0 Å². The van der Waals surface area contributed by atoms with E-state index in [0.29, 0.717) is 24.4 Å². The van der Waals surface area contributed by atoms with Gasteiger partial charge < -0.3 is 9.84 Å². The Bertz CT molecular complexity index is 513. The van der Waals surface area contributed by atoms with E-state index in [0.717, 1.165) is 5.56 Å². The summed E-state index contributed by atoms with van der Waals surface area (Å²) in [5.41, 5.74) is 2.38. The minimum absolute atomic E-state index is 0.0575. The molecular formula is C17H23NO2. The first kappa shape index (κ1) is 13.8. The molecule has 108 valence electrons. The molecule has 1 aromatic rings. The number of aliphatic hydroxyl groups excluding tert-OH is 1. The third kappa shape index (κ3) is 1.84. The van der Waals surface area contributed by atoms with Gasteiger partial charge in [-0.1, -0.05) is 31.6 Å². The van der Waals surface area contributed by atoms with E-state index >= 15 is 0 Å². The highest BCUT2D eigenvalue weighted by molar-refractivity contribution is 5.26.